The second-order valence-electron chi connectivity index (χ2n) is 1.54. The largest absolute Gasteiger partial charge is 0.343 e. The van der Waals surface area contributed by atoms with Gasteiger partial charge in [0, 0.05) is 14.1 Å². The molecule has 0 atom stereocenters. The van der Waals surface area contributed by atoms with Crippen molar-refractivity contribution in [1.29, 1.82) is 0 Å². The summed E-state index contributed by atoms with van der Waals surface area (Å²) in [4.78, 5) is 1.68. The lowest BCUT2D eigenvalue weighted by molar-refractivity contribution is 0.397. The van der Waals surface area contributed by atoms with Gasteiger partial charge in [0.1, 0.15) is 0 Å². The summed E-state index contributed by atoms with van der Waals surface area (Å²) in [6.07, 6.45) is 0. The molecule has 0 aliphatic rings. The number of aromatic nitrogens is 3. The smallest absolute Gasteiger partial charge is 0.329 e. The van der Waals surface area contributed by atoms with E-state index in [1.807, 2.05) is 0 Å². The Morgan fingerprint density at radius 3 is 2.50 bits per heavy atom. The average molecular weight is 114 g/mol. The maximum Gasteiger partial charge on any atom is 0.343 e. The molecule has 0 radical (unpaired) electrons. The van der Waals surface area contributed by atoms with Gasteiger partial charge < -0.3 is 4.90 Å². The molecule has 0 amide bonds. The fourth-order valence-electron chi connectivity index (χ4n) is 0.301. The number of hydrogen-bond acceptors (Lipinski definition) is 5. The third kappa shape index (κ3) is 0.749. The molecule has 1 rings (SSSR count). The van der Waals surface area contributed by atoms with Crippen LogP contribution >= 0.6 is 0 Å². The average Bonchev–Trinajstić information content (AvgIpc) is 2.12. The molecule has 0 spiro atoms. The Morgan fingerprint density at radius 2 is 2.25 bits per heavy atom. The molecule has 0 saturated carbocycles. The summed E-state index contributed by atoms with van der Waals surface area (Å²) in [6, 6.07) is 0.421. The van der Waals surface area contributed by atoms with Crippen molar-refractivity contribution in [3.05, 3.63) is 0 Å². The molecule has 0 N–H and O–H groups in total. The van der Waals surface area contributed by atoms with Gasteiger partial charge in [-0.25, -0.2) is 0 Å². The van der Waals surface area contributed by atoms with Crippen molar-refractivity contribution in [2.75, 3.05) is 19.0 Å². The summed E-state index contributed by atoms with van der Waals surface area (Å²) in [6.45, 7) is 0. The van der Waals surface area contributed by atoms with Gasteiger partial charge in [0.15, 0.2) is 0 Å². The van der Waals surface area contributed by atoms with Crippen LogP contribution in [0.3, 0.4) is 0 Å². The zero-order valence-corrected chi connectivity index (χ0v) is 4.70. The van der Waals surface area contributed by atoms with Gasteiger partial charge in [-0.1, -0.05) is 5.10 Å². The van der Waals surface area contributed by atoms with Gasteiger partial charge in [-0.2, -0.15) is 0 Å². The van der Waals surface area contributed by atoms with E-state index in [-0.39, 0.29) is 0 Å². The van der Waals surface area contributed by atoms with Crippen LogP contribution < -0.4 is 4.90 Å². The van der Waals surface area contributed by atoms with E-state index in [0.717, 1.165) is 0 Å². The third-order valence-electron chi connectivity index (χ3n) is 0.672. The van der Waals surface area contributed by atoms with Crippen LogP contribution in [-0.2, 0) is 0 Å². The van der Waals surface area contributed by atoms with Crippen LogP contribution in [0.25, 0.3) is 0 Å². The lowest BCUT2D eigenvalue weighted by Crippen LogP contribution is -2.08. The van der Waals surface area contributed by atoms with Gasteiger partial charge >= 0.3 is 6.01 Å². The van der Waals surface area contributed by atoms with Crippen molar-refractivity contribution in [3.63, 3.8) is 0 Å². The molecule has 5 nitrogen and oxygen atoms in total. The highest BCUT2D eigenvalue weighted by atomic mass is 16.5. The minimum Gasteiger partial charge on any atom is -0.329 e. The van der Waals surface area contributed by atoms with Crippen molar-refractivity contribution in [1.82, 2.24) is 15.6 Å². The second-order valence-corrected chi connectivity index (χ2v) is 1.54. The molecule has 0 saturated heterocycles. The van der Waals surface area contributed by atoms with Crippen LogP contribution in [0.5, 0.6) is 0 Å². The first-order valence-electron chi connectivity index (χ1n) is 2.13. The SMILES string of the molecule is CN(C)c1nnno1. The molecule has 0 aliphatic carbocycles. The summed E-state index contributed by atoms with van der Waals surface area (Å²) < 4.78 is 4.55. The Balaban J connectivity index is 2.77. The normalized spacial score (nSPS) is 9.25. The standard InChI is InChI=1S/C3H6N4O/c1-7(2)3-4-5-6-8-3/h1-2H3. The third-order valence-corrected chi connectivity index (χ3v) is 0.672. The quantitative estimate of drug-likeness (QED) is 0.494. The van der Waals surface area contributed by atoms with Crippen molar-refractivity contribution in [2.45, 2.75) is 0 Å². The fourth-order valence-corrected chi connectivity index (χ4v) is 0.301. The molecule has 8 heavy (non-hydrogen) atoms. The van der Waals surface area contributed by atoms with E-state index >= 15 is 0 Å². The van der Waals surface area contributed by atoms with E-state index in [2.05, 4.69) is 20.1 Å². The highest BCUT2D eigenvalue weighted by molar-refractivity contribution is 5.16. The molecule has 0 fully saturated rings. The number of nitrogens with zero attached hydrogens (tertiary/aromatic N) is 4. The van der Waals surface area contributed by atoms with Gasteiger partial charge in [0.05, 0.1) is 5.27 Å². The highest BCUT2D eigenvalue weighted by Crippen LogP contribution is 1.98. The monoisotopic (exact) mass is 114 g/mol. The van der Waals surface area contributed by atoms with Crippen LogP contribution in [-0.4, -0.2) is 29.7 Å². The Labute approximate surface area is 46.3 Å². The van der Waals surface area contributed by atoms with Gasteiger partial charge in [0.2, 0.25) is 0 Å². The van der Waals surface area contributed by atoms with Crippen molar-refractivity contribution >= 4 is 6.01 Å². The predicted octanol–water partition coefficient (Wildman–Crippen LogP) is -0.469. The molecule has 0 bridgehead atoms. The summed E-state index contributed by atoms with van der Waals surface area (Å²) in [5.41, 5.74) is 0. The minimum absolute atomic E-state index is 0.421. The lowest BCUT2D eigenvalue weighted by Gasteiger charge is -2.00. The van der Waals surface area contributed by atoms with Gasteiger partial charge in [-0.3, -0.25) is 4.52 Å². The summed E-state index contributed by atoms with van der Waals surface area (Å²) >= 11 is 0. The van der Waals surface area contributed by atoms with E-state index in [4.69, 9.17) is 0 Å². The maximum atomic E-state index is 4.55. The Morgan fingerprint density at radius 1 is 1.50 bits per heavy atom. The molecule has 5 heteroatoms. The molecular formula is C3H6N4O. The molecule has 1 heterocycles. The van der Waals surface area contributed by atoms with E-state index < -0.39 is 0 Å². The second kappa shape index (κ2) is 1.77. The van der Waals surface area contributed by atoms with Crippen LogP contribution in [0.15, 0.2) is 4.52 Å². The van der Waals surface area contributed by atoms with Gasteiger partial charge in [-0.05, 0) is 5.21 Å². The zero-order valence-electron chi connectivity index (χ0n) is 4.70. The van der Waals surface area contributed by atoms with E-state index in [0.29, 0.717) is 6.01 Å². The number of hydrogen-bond donors (Lipinski definition) is 0. The topological polar surface area (TPSA) is 55.1 Å². The van der Waals surface area contributed by atoms with Crippen molar-refractivity contribution in [3.8, 4) is 0 Å². The van der Waals surface area contributed by atoms with E-state index in [1.54, 1.807) is 19.0 Å². The van der Waals surface area contributed by atoms with E-state index in [1.165, 1.54) is 0 Å². The summed E-state index contributed by atoms with van der Waals surface area (Å²) in [5, 5.41) is 9.91. The molecule has 44 valence electrons. The molecule has 0 aromatic carbocycles. The minimum atomic E-state index is 0.421. The predicted molar refractivity (Wildman–Crippen MR) is 26.4 cm³/mol. The van der Waals surface area contributed by atoms with Crippen LogP contribution in [0, 0.1) is 0 Å². The van der Waals surface area contributed by atoms with Crippen molar-refractivity contribution in [2.24, 2.45) is 0 Å². The summed E-state index contributed by atoms with van der Waals surface area (Å²) in [5.74, 6) is 0. The number of anilines is 1. The summed E-state index contributed by atoms with van der Waals surface area (Å²) in [7, 11) is 3.60. The Hall–Kier alpha value is -1.13. The zero-order chi connectivity index (χ0) is 5.98. The van der Waals surface area contributed by atoms with Crippen molar-refractivity contribution < 1.29 is 4.52 Å². The lowest BCUT2D eigenvalue weighted by atomic mass is 10.9. The first-order valence-corrected chi connectivity index (χ1v) is 2.13. The molecule has 0 aliphatic heterocycles. The maximum absolute atomic E-state index is 4.55. The molecule has 1 aromatic rings. The first-order chi connectivity index (χ1) is 3.80. The fraction of sp³-hybridized carbons (Fsp3) is 0.667. The van der Waals surface area contributed by atoms with Gasteiger partial charge in [-0.15, -0.1) is 0 Å². The Kier molecular flexibility index (Phi) is 1.11. The molecule has 1 aromatic heterocycles. The highest BCUT2D eigenvalue weighted by Gasteiger charge is 1.98. The molecule has 0 unspecified atom stereocenters. The van der Waals surface area contributed by atoms with Crippen LogP contribution in [0.4, 0.5) is 6.01 Å². The van der Waals surface area contributed by atoms with Gasteiger partial charge in [0.25, 0.3) is 0 Å². The van der Waals surface area contributed by atoms with Crippen LogP contribution in [0.2, 0.25) is 0 Å². The molecular weight excluding hydrogens is 108 g/mol. The Bertz CT molecular complexity index is 146. The van der Waals surface area contributed by atoms with Crippen LogP contribution in [0.1, 0.15) is 0 Å². The van der Waals surface area contributed by atoms with E-state index in [9.17, 15) is 0 Å². The first kappa shape index (κ1) is 5.02. The number of rotatable bonds is 1.